The van der Waals surface area contributed by atoms with E-state index in [4.69, 9.17) is 9.47 Å². The highest BCUT2D eigenvalue weighted by atomic mass is 32.2. The minimum Gasteiger partial charge on any atom is -0.490 e. The molecule has 0 bridgehead atoms. The number of nitrogens with zero attached hydrogens (tertiary/aromatic N) is 8. The van der Waals surface area contributed by atoms with Gasteiger partial charge in [-0.25, -0.2) is 4.79 Å². The first-order valence-corrected chi connectivity index (χ1v) is 31.5. The molecule has 8 N–H and O–H groups in total. The lowest BCUT2D eigenvalue weighted by Crippen LogP contribution is -2.19. The zero-order valence-corrected chi connectivity index (χ0v) is 47.3. The smallest absolute Gasteiger partial charge is 0.323 e. The topological polar surface area (TPSA) is 485 Å². The third kappa shape index (κ3) is 18.0. The van der Waals surface area contributed by atoms with Gasteiger partial charge in [-0.15, -0.1) is 20.5 Å². The Morgan fingerprint density at radius 1 is 0.378 bits per heavy atom. The molecule has 0 saturated heterocycles. The summed E-state index contributed by atoms with van der Waals surface area (Å²) in [5.74, 6) is -1.96. The quantitative estimate of drug-likeness (QED) is 0.0231. The third-order valence-electron chi connectivity index (χ3n) is 10.7. The van der Waals surface area contributed by atoms with Crippen LogP contribution in [0.2, 0.25) is 0 Å². The molecule has 0 fully saturated rings. The predicted octanol–water partition coefficient (Wildman–Crippen LogP) is 9.75. The van der Waals surface area contributed by atoms with E-state index < -0.39 is 122 Å². The summed E-state index contributed by atoms with van der Waals surface area (Å²) in [6.45, 7) is 5.18. The molecule has 0 aromatic heterocycles. The molecular formula is C45H44N10O21S6. The number of carbonyl (C=O) groups is 1. The third-order valence-corrected chi connectivity index (χ3v) is 15.6. The fourth-order valence-corrected chi connectivity index (χ4v) is 9.79. The van der Waals surface area contributed by atoms with E-state index in [-0.39, 0.29) is 45.6 Å². The van der Waals surface area contributed by atoms with Gasteiger partial charge in [-0.2, -0.15) is 71.0 Å². The molecule has 0 aliphatic heterocycles. The van der Waals surface area contributed by atoms with Gasteiger partial charge in [0.15, 0.2) is 0 Å². The maximum atomic E-state index is 13.2. The number of nitrogens with one attached hydrogen (secondary N) is 2. The molecule has 0 atom stereocenters. The summed E-state index contributed by atoms with van der Waals surface area (Å²) in [4.78, 5) is 9.43. The second-order valence-electron chi connectivity index (χ2n) is 17.0. The van der Waals surface area contributed by atoms with Crippen LogP contribution in [0.5, 0.6) is 11.5 Å². The van der Waals surface area contributed by atoms with Crippen molar-refractivity contribution in [2.24, 2.45) is 40.9 Å². The molecule has 6 rings (SSSR count). The molecule has 0 saturated carbocycles. The van der Waals surface area contributed by atoms with E-state index in [2.05, 4.69) is 51.5 Å². The van der Waals surface area contributed by atoms with Crippen molar-refractivity contribution in [2.45, 2.75) is 47.3 Å². The Labute approximate surface area is 467 Å². The van der Waals surface area contributed by atoms with Gasteiger partial charge in [-0.1, -0.05) is 0 Å². The minimum absolute atomic E-state index is 0.0134. The summed E-state index contributed by atoms with van der Waals surface area (Å²) < 4.78 is 208. The molecule has 37 heteroatoms. The zero-order valence-electron chi connectivity index (χ0n) is 42.4. The van der Waals surface area contributed by atoms with Gasteiger partial charge in [0.1, 0.15) is 68.8 Å². The summed E-state index contributed by atoms with van der Waals surface area (Å²) in [5.41, 5.74) is 1.78. The van der Waals surface area contributed by atoms with Crippen molar-refractivity contribution in [2.75, 3.05) is 35.4 Å². The largest absolute Gasteiger partial charge is 0.490 e. The van der Waals surface area contributed by atoms with Gasteiger partial charge in [-0.3, -0.25) is 27.3 Å². The van der Waals surface area contributed by atoms with Crippen LogP contribution in [0.4, 0.5) is 61.7 Å². The van der Waals surface area contributed by atoms with Crippen molar-refractivity contribution in [3.05, 3.63) is 119 Å². The lowest BCUT2D eigenvalue weighted by molar-refractivity contribution is 0.262. The molecule has 82 heavy (non-hydrogen) atoms. The van der Waals surface area contributed by atoms with Gasteiger partial charge in [-0.05, 0) is 135 Å². The van der Waals surface area contributed by atoms with E-state index in [9.17, 15) is 82.6 Å². The number of urea groups is 1. The van der Waals surface area contributed by atoms with Gasteiger partial charge in [0, 0.05) is 23.5 Å². The Morgan fingerprint density at radius 3 is 1.00 bits per heavy atom. The number of azo groups is 4. The number of carbonyl (C=O) groups excluding carboxylic acids is 1. The summed E-state index contributed by atoms with van der Waals surface area (Å²) in [6, 6.07) is 18.0. The second-order valence-corrected chi connectivity index (χ2v) is 25.8. The van der Waals surface area contributed by atoms with E-state index in [1.165, 1.54) is 62.4 Å². The van der Waals surface area contributed by atoms with E-state index in [0.29, 0.717) is 45.8 Å². The van der Waals surface area contributed by atoms with E-state index in [1.807, 2.05) is 0 Å². The Morgan fingerprint density at radius 2 is 0.683 bits per heavy atom. The van der Waals surface area contributed by atoms with Gasteiger partial charge >= 0.3 is 6.03 Å². The second kappa shape index (κ2) is 25.0. The molecule has 0 heterocycles. The molecule has 436 valence electrons. The highest BCUT2D eigenvalue weighted by Gasteiger charge is 2.23. The number of amides is 2. The normalized spacial score (nSPS) is 12.9. The standard InChI is InChI=1S/C45H44N10O21S6/c1-25-17-29(5-9-33(25)48-54-39-19-27(3)37(23-41(39)75-13-15-77(57,58)59)52-50-35-11-7-31(79(63,64)65)21-43(35)81(69,70)71)46-45(56)47-30-6-10-34(26(2)18-30)49-55-40-20-28(4)38(24-42(40)76-14-16-78(60,61)62)53-51-36-12-8-32(80(66,67)68)22-44(36)82(72,73)74/h5-12,17-24H,13-16H2,1-4H3,(H2,46,47,56)(H,57,58,59)(H,60,61,62)(H,63,64,65)(H,66,67,68)(H,69,70,71)(H,72,73,74). The number of benzene rings is 6. The van der Waals surface area contributed by atoms with Crippen molar-refractivity contribution >= 4 is 124 Å². The van der Waals surface area contributed by atoms with Crippen LogP contribution >= 0.6 is 0 Å². The number of hydrogen-bond donors (Lipinski definition) is 8. The van der Waals surface area contributed by atoms with Gasteiger partial charge in [0.2, 0.25) is 0 Å². The molecule has 31 nitrogen and oxygen atoms in total. The summed E-state index contributed by atoms with van der Waals surface area (Å²) in [7, 11) is -28.9. The SMILES string of the molecule is Cc1cc(NC(=O)Nc2ccc(N=Nc3cc(C)c(N=Nc4ccc(S(=O)(=O)O)cc4S(=O)(=O)O)cc3OCCS(=O)(=O)O)c(C)c2)ccc1N=Nc1cc(C)c(N=Nc2ccc(S(=O)(=O)O)cc2S(=O)(=O)O)cc1OCCS(=O)(=O)O. The highest BCUT2D eigenvalue weighted by Crippen LogP contribution is 2.40. The van der Waals surface area contributed by atoms with Gasteiger partial charge in [0.25, 0.3) is 60.7 Å². The van der Waals surface area contributed by atoms with Crippen LogP contribution in [-0.2, 0) is 60.7 Å². The van der Waals surface area contributed by atoms with Crippen LogP contribution < -0.4 is 20.1 Å². The molecular weight excluding hydrogens is 1210 g/mol. The fraction of sp³-hybridized carbons (Fsp3) is 0.178. The van der Waals surface area contributed by atoms with Crippen molar-refractivity contribution in [3.63, 3.8) is 0 Å². The van der Waals surface area contributed by atoms with E-state index in [1.54, 1.807) is 26.0 Å². The van der Waals surface area contributed by atoms with Crippen LogP contribution in [0, 0.1) is 27.7 Å². The molecule has 0 unspecified atom stereocenters. The minimum atomic E-state index is -5.09. The van der Waals surface area contributed by atoms with Crippen LogP contribution in [-0.4, -0.2) is 109 Å². The highest BCUT2D eigenvalue weighted by molar-refractivity contribution is 7.87. The summed E-state index contributed by atoms with van der Waals surface area (Å²) in [5, 5.41) is 37.9. The van der Waals surface area contributed by atoms with Gasteiger partial charge in [0.05, 0.1) is 32.5 Å². The van der Waals surface area contributed by atoms with E-state index in [0.717, 1.165) is 24.3 Å². The monoisotopic (exact) mass is 1250 g/mol. The molecule has 2 amide bonds. The van der Waals surface area contributed by atoms with Crippen molar-refractivity contribution in [1.82, 2.24) is 0 Å². The van der Waals surface area contributed by atoms with Crippen molar-refractivity contribution in [1.29, 1.82) is 0 Å². The molecule has 0 aliphatic rings. The average Bonchev–Trinajstić information content (AvgIpc) is 3.39. The zero-order chi connectivity index (χ0) is 60.8. The number of hydrogen-bond acceptors (Lipinski definition) is 23. The number of anilines is 2. The Kier molecular flexibility index (Phi) is 19.3. The number of rotatable bonds is 22. The van der Waals surface area contributed by atoms with Crippen LogP contribution in [0.25, 0.3) is 0 Å². The Bertz CT molecular complexity index is 4090. The first-order chi connectivity index (χ1) is 37.9. The summed E-state index contributed by atoms with van der Waals surface area (Å²) in [6.07, 6.45) is 0. The van der Waals surface area contributed by atoms with Crippen LogP contribution in [0.15, 0.2) is 158 Å². The number of ether oxygens (including phenoxy) is 2. The molecule has 0 spiro atoms. The Balaban J connectivity index is 1.17. The molecule has 6 aromatic carbocycles. The predicted molar refractivity (Wildman–Crippen MR) is 290 cm³/mol. The molecule has 0 radical (unpaired) electrons. The fourth-order valence-electron chi connectivity index (χ4n) is 6.74. The molecule has 0 aliphatic carbocycles. The average molecular weight is 1250 g/mol. The summed E-state index contributed by atoms with van der Waals surface area (Å²) >= 11 is 0. The van der Waals surface area contributed by atoms with Crippen LogP contribution in [0.1, 0.15) is 22.3 Å². The van der Waals surface area contributed by atoms with Gasteiger partial charge < -0.3 is 20.1 Å². The maximum Gasteiger partial charge on any atom is 0.323 e. The lowest BCUT2D eigenvalue weighted by atomic mass is 10.1. The van der Waals surface area contributed by atoms with E-state index >= 15 is 0 Å². The molecule has 6 aromatic rings. The van der Waals surface area contributed by atoms with Crippen LogP contribution in [0.3, 0.4) is 0 Å². The first-order valence-electron chi connectivity index (χ1n) is 22.5. The van der Waals surface area contributed by atoms with Crippen molar-refractivity contribution in [3.8, 4) is 11.5 Å². The maximum absolute atomic E-state index is 13.2. The first kappa shape index (κ1) is 63.2. The lowest BCUT2D eigenvalue weighted by Gasteiger charge is -2.12. The van der Waals surface area contributed by atoms with Crippen molar-refractivity contribution < 1.29 is 92.1 Å². The number of aryl methyl sites for hydroxylation is 4. The Hall–Kier alpha value is -7.95.